The third-order valence-corrected chi connectivity index (χ3v) is 5.10. The highest BCUT2D eigenvalue weighted by atomic mass is 32.2. The number of carbonyl (C=O) groups is 2. The van der Waals surface area contributed by atoms with Crippen LogP contribution in [0.2, 0.25) is 0 Å². The van der Waals surface area contributed by atoms with E-state index in [9.17, 15) is 9.59 Å². The van der Waals surface area contributed by atoms with E-state index >= 15 is 0 Å². The molecule has 0 spiro atoms. The molecule has 5 nitrogen and oxygen atoms in total. The molecule has 1 heterocycles. The Kier molecular flexibility index (Phi) is 4.50. The topological polar surface area (TPSA) is 78.4 Å². The first-order valence-corrected chi connectivity index (χ1v) is 7.54. The number of aliphatic carboxylic acids is 1. The number of carbonyl (C=O) groups excluding carboxylic acids is 1. The van der Waals surface area contributed by atoms with Gasteiger partial charge in [-0.2, -0.15) is 0 Å². The van der Waals surface area contributed by atoms with Gasteiger partial charge in [0.2, 0.25) is 5.91 Å². The molecule has 3 N–H and O–H groups in total. The SMILES string of the molecule is O=C(CSC1CCNCC1)NC1(C(=O)O)CCC1. The molecule has 1 aliphatic carbocycles. The van der Waals surface area contributed by atoms with Crippen LogP contribution in [0.3, 0.4) is 0 Å². The summed E-state index contributed by atoms with van der Waals surface area (Å²) in [5, 5.41) is 15.6. The van der Waals surface area contributed by atoms with Crippen LogP contribution in [-0.2, 0) is 9.59 Å². The normalized spacial score (nSPS) is 23.1. The molecule has 0 aromatic heterocycles. The van der Waals surface area contributed by atoms with Crippen molar-refractivity contribution in [3.63, 3.8) is 0 Å². The summed E-state index contributed by atoms with van der Waals surface area (Å²) < 4.78 is 0. The second kappa shape index (κ2) is 5.93. The van der Waals surface area contributed by atoms with E-state index in [1.165, 1.54) is 0 Å². The zero-order valence-corrected chi connectivity index (χ0v) is 11.2. The first-order chi connectivity index (χ1) is 8.62. The lowest BCUT2D eigenvalue weighted by Crippen LogP contribution is -2.59. The number of nitrogens with one attached hydrogen (secondary N) is 2. The zero-order chi connectivity index (χ0) is 13.0. The fourth-order valence-electron chi connectivity index (χ4n) is 2.38. The number of carboxylic acids is 1. The predicted octanol–water partition coefficient (Wildman–Crippen LogP) is 0.595. The average molecular weight is 272 g/mol. The van der Waals surface area contributed by atoms with Crippen LogP contribution < -0.4 is 10.6 Å². The maximum atomic E-state index is 11.8. The maximum Gasteiger partial charge on any atom is 0.329 e. The monoisotopic (exact) mass is 272 g/mol. The van der Waals surface area contributed by atoms with E-state index in [1.807, 2.05) is 0 Å². The Bertz CT molecular complexity index is 325. The number of hydrogen-bond acceptors (Lipinski definition) is 4. The molecule has 2 rings (SSSR count). The van der Waals surface area contributed by atoms with Crippen molar-refractivity contribution in [1.29, 1.82) is 0 Å². The molecule has 0 unspecified atom stereocenters. The zero-order valence-electron chi connectivity index (χ0n) is 10.4. The Balaban J connectivity index is 1.73. The Morgan fingerprint density at radius 2 is 2.00 bits per heavy atom. The van der Waals surface area contributed by atoms with Gasteiger partial charge in [0.1, 0.15) is 5.54 Å². The summed E-state index contributed by atoms with van der Waals surface area (Å²) in [4.78, 5) is 22.9. The second-order valence-corrected chi connectivity index (χ2v) is 6.34. The van der Waals surface area contributed by atoms with Gasteiger partial charge in [-0.1, -0.05) is 0 Å². The Morgan fingerprint density at radius 3 is 2.50 bits per heavy atom. The van der Waals surface area contributed by atoms with Gasteiger partial charge in [0.25, 0.3) is 0 Å². The Hall–Kier alpha value is -0.750. The van der Waals surface area contributed by atoms with Crippen LogP contribution in [0.15, 0.2) is 0 Å². The molecule has 2 fully saturated rings. The fourth-order valence-corrected chi connectivity index (χ4v) is 3.41. The van der Waals surface area contributed by atoms with Crippen molar-refractivity contribution < 1.29 is 14.7 Å². The van der Waals surface area contributed by atoms with Crippen LogP contribution in [-0.4, -0.2) is 46.6 Å². The van der Waals surface area contributed by atoms with Gasteiger partial charge in [-0.25, -0.2) is 4.79 Å². The van der Waals surface area contributed by atoms with Gasteiger partial charge in [0, 0.05) is 5.25 Å². The molecule has 0 atom stereocenters. The fraction of sp³-hybridized carbons (Fsp3) is 0.833. The van der Waals surface area contributed by atoms with Crippen molar-refractivity contribution >= 4 is 23.6 Å². The van der Waals surface area contributed by atoms with Crippen LogP contribution >= 0.6 is 11.8 Å². The van der Waals surface area contributed by atoms with Crippen molar-refractivity contribution in [3.8, 4) is 0 Å². The van der Waals surface area contributed by atoms with Crippen molar-refractivity contribution in [2.24, 2.45) is 0 Å². The largest absolute Gasteiger partial charge is 0.480 e. The molecule has 1 saturated heterocycles. The summed E-state index contributed by atoms with van der Waals surface area (Å²) in [5.41, 5.74) is -0.967. The quantitative estimate of drug-likeness (QED) is 0.683. The van der Waals surface area contributed by atoms with E-state index in [1.54, 1.807) is 11.8 Å². The third-order valence-electron chi connectivity index (χ3n) is 3.73. The number of carboxylic acid groups (broad SMARTS) is 1. The molecule has 2 aliphatic rings. The van der Waals surface area contributed by atoms with Crippen molar-refractivity contribution in [2.75, 3.05) is 18.8 Å². The molecule has 0 aromatic carbocycles. The minimum absolute atomic E-state index is 0.138. The molecule has 102 valence electrons. The lowest BCUT2D eigenvalue weighted by molar-refractivity contribution is -0.151. The summed E-state index contributed by atoms with van der Waals surface area (Å²) >= 11 is 1.65. The Labute approximate surface area is 111 Å². The molecule has 0 radical (unpaired) electrons. The van der Waals surface area contributed by atoms with E-state index in [4.69, 9.17) is 5.11 Å². The van der Waals surface area contributed by atoms with E-state index in [0.717, 1.165) is 32.4 Å². The lowest BCUT2D eigenvalue weighted by atomic mass is 9.77. The van der Waals surface area contributed by atoms with E-state index < -0.39 is 11.5 Å². The molecule has 0 bridgehead atoms. The molecule has 18 heavy (non-hydrogen) atoms. The Morgan fingerprint density at radius 1 is 1.33 bits per heavy atom. The van der Waals surface area contributed by atoms with Crippen LogP contribution in [0.1, 0.15) is 32.1 Å². The van der Waals surface area contributed by atoms with E-state index in [0.29, 0.717) is 23.8 Å². The molecule has 0 aromatic rings. The molecular weight excluding hydrogens is 252 g/mol. The molecule has 1 saturated carbocycles. The summed E-state index contributed by atoms with van der Waals surface area (Å²) in [5.74, 6) is -0.658. The van der Waals surface area contributed by atoms with E-state index in [2.05, 4.69) is 10.6 Å². The van der Waals surface area contributed by atoms with E-state index in [-0.39, 0.29) is 5.91 Å². The molecule has 1 amide bonds. The second-order valence-electron chi connectivity index (χ2n) is 5.05. The first-order valence-electron chi connectivity index (χ1n) is 6.49. The summed E-state index contributed by atoms with van der Waals surface area (Å²) in [6.07, 6.45) is 4.18. The minimum Gasteiger partial charge on any atom is -0.480 e. The number of piperidine rings is 1. The highest BCUT2D eigenvalue weighted by Gasteiger charge is 2.45. The van der Waals surface area contributed by atoms with Crippen LogP contribution in [0.5, 0.6) is 0 Å². The highest BCUT2D eigenvalue weighted by Crippen LogP contribution is 2.32. The minimum atomic E-state index is -0.967. The number of rotatable bonds is 5. The molecule has 6 heteroatoms. The van der Waals surface area contributed by atoms with Gasteiger partial charge in [0.15, 0.2) is 0 Å². The number of hydrogen-bond donors (Lipinski definition) is 3. The highest BCUT2D eigenvalue weighted by molar-refractivity contribution is 8.00. The van der Waals surface area contributed by atoms with Crippen LogP contribution in [0, 0.1) is 0 Å². The van der Waals surface area contributed by atoms with Crippen LogP contribution in [0.25, 0.3) is 0 Å². The van der Waals surface area contributed by atoms with Crippen molar-refractivity contribution in [1.82, 2.24) is 10.6 Å². The molecule has 1 aliphatic heterocycles. The maximum absolute atomic E-state index is 11.8. The van der Waals surface area contributed by atoms with Gasteiger partial charge in [-0.3, -0.25) is 4.79 Å². The average Bonchev–Trinajstić information content (AvgIpc) is 2.32. The smallest absolute Gasteiger partial charge is 0.329 e. The van der Waals surface area contributed by atoms with Gasteiger partial charge in [0.05, 0.1) is 5.75 Å². The third kappa shape index (κ3) is 3.17. The predicted molar refractivity (Wildman–Crippen MR) is 70.7 cm³/mol. The first kappa shape index (κ1) is 13.7. The molecular formula is C12H20N2O3S. The van der Waals surface area contributed by atoms with Gasteiger partial charge in [-0.05, 0) is 45.2 Å². The van der Waals surface area contributed by atoms with Crippen molar-refractivity contribution in [3.05, 3.63) is 0 Å². The summed E-state index contributed by atoms with van der Waals surface area (Å²) in [6, 6.07) is 0. The number of thioether (sulfide) groups is 1. The van der Waals surface area contributed by atoms with Gasteiger partial charge in [-0.15, -0.1) is 11.8 Å². The number of amides is 1. The van der Waals surface area contributed by atoms with Gasteiger partial charge >= 0.3 is 5.97 Å². The summed E-state index contributed by atoms with van der Waals surface area (Å²) in [6.45, 7) is 2.02. The lowest BCUT2D eigenvalue weighted by Gasteiger charge is -2.38. The van der Waals surface area contributed by atoms with Crippen molar-refractivity contribution in [2.45, 2.75) is 42.9 Å². The summed E-state index contributed by atoms with van der Waals surface area (Å²) in [7, 11) is 0. The standard InChI is InChI=1S/C12H20N2O3S/c15-10(8-18-9-2-6-13-7-3-9)14-12(11(16)17)4-1-5-12/h9,13H,1-8H2,(H,14,15)(H,16,17). The van der Waals surface area contributed by atoms with Gasteiger partial charge < -0.3 is 15.7 Å². The van der Waals surface area contributed by atoms with Crippen LogP contribution in [0.4, 0.5) is 0 Å².